The molecule has 0 amide bonds. The van der Waals surface area contributed by atoms with E-state index in [1.165, 1.54) is 42.8 Å². The van der Waals surface area contributed by atoms with Crippen LogP contribution in [0.5, 0.6) is 0 Å². The maximum absolute atomic E-state index is 5.86. The van der Waals surface area contributed by atoms with Crippen LogP contribution in [0.25, 0.3) is 0 Å². The van der Waals surface area contributed by atoms with Crippen LogP contribution in [0.1, 0.15) is 44.2 Å². The number of aryl methyl sites for hydroxylation is 1. The Labute approximate surface area is 117 Å². The van der Waals surface area contributed by atoms with Gasteiger partial charge in [-0.05, 0) is 56.6 Å². The fraction of sp³-hybridized carbons (Fsp3) is 0.688. The predicted molar refractivity (Wildman–Crippen MR) is 81.6 cm³/mol. The summed E-state index contributed by atoms with van der Waals surface area (Å²) in [5.74, 6) is 2.07. The smallest absolute Gasteiger partial charge is 0.131 e. The highest BCUT2D eigenvalue weighted by Crippen LogP contribution is 2.32. The van der Waals surface area contributed by atoms with Gasteiger partial charge >= 0.3 is 0 Å². The molecule has 1 saturated carbocycles. The van der Waals surface area contributed by atoms with Gasteiger partial charge in [0.2, 0.25) is 0 Å². The van der Waals surface area contributed by atoms with Gasteiger partial charge in [-0.15, -0.1) is 0 Å². The highest BCUT2D eigenvalue weighted by atomic mass is 15.2. The third-order valence-electron chi connectivity index (χ3n) is 3.63. The van der Waals surface area contributed by atoms with Gasteiger partial charge in [0.25, 0.3) is 0 Å². The molecule has 106 valence electrons. The number of nitrogens with zero attached hydrogens (tertiary/aromatic N) is 2. The number of aromatic nitrogens is 1. The quantitative estimate of drug-likeness (QED) is 0.820. The van der Waals surface area contributed by atoms with Gasteiger partial charge in [-0.3, -0.25) is 0 Å². The molecule has 2 N–H and O–H groups in total. The molecule has 0 bridgehead atoms. The molecule has 1 aromatic heterocycles. The summed E-state index contributed by atoms with van der Waals surface area (Å²) >= 11 is 0. The van der Waals surface area contributed by atoms with Crippen molar-refractivity contribution in [2.24, 2.45) is 11.7 Å². The van der Waals surface area contributed by atoms with Crippen molar-refractivity contribution < 1.29 is 0 Å². The van der Waals surface area contributed by atoms with Gasteiger partial charge in [0, 0.05) is 25.3 Å². The van der Waals surface area contributed by atoms with Crippen molar-refractivity contribution in [3.63, 3.8) is 0 Å². The molecule has 1 aliphatic carbocycles. The van der Waals surface area contributed by atoms with Gasteiger partial charge in [0.05, 0.1) is 0 Å². The van der Waals surface area contributed by atoms with E-state index in [1.807, 2.05) is 13.1 Å². The average Bonchev–Trinajstić information content (AvgIpc) is 3.12. The Kier molecular flexibility index (Phi) is 4.81. The third kappa shape index (κ3) is 4.20. The fourth-order valence-corrected chi connectivity index (χ4v) is 2.61. The molecule has 0 spiro atoms. The molecule has 0 aromatic carbocycles. The maximum atomic E-state index is 5.86. The molecule has 3 nitrogen and oxygen atoms in total. The van der Waals surface area contributed by atoms with E-state index in [-0.39, 0.29) is 6.04 Å². The zero-order valence-electron chi connectivity index (χ0n) is 12.5. The molecule has 1 aromatic rings. The molecule has 1 unspecified atom stereocenters. The van der Waals surface area contributed by atoms with Crippen molar-refractivity contribution in [3.05, 3.63) is 23.4 Å². The lowest BCUT2D eigenvalue weighted by Crippen LogP contribution is -2.28. The Balaban J connectivity index is 2.11. The summed E-state index contributed by atoms with van der Waals surface area (Å²) in [6, 6.07) is 2.45. The summed E-state index contributed by atoms with van der Waals surface area (Å²) in [5, 5.41) is 0. The summed E-state index contributed by atoms with van der Waals surface area (Å²) in [5.41, 5.74) is 8.39. The standard InChI is InChI=1S/C16H27N3/c1-4-7-19(11-14-5-6-14)16-12(2)8-15(10-18-16)9-13(3)17/h8,10,13-14H,4-7,9,11,17H2,1-3H3. The Morgan fingerprint density at radius 1 is 1.47 bits per heavy atom. The second-order valence-corrected chi connectivity index (χ2v) is 6.05. The van der Waals surface area contributed by atoms with E-state index in [9.17, 15) is 0 Å². The molecular formula is C16H27N3. The first-order chi connectivity index (χ1) is 9.10. The first-order valence-electron chi connectivity index (χ1n) is 7.56. The second-order valence-electron chi connectivity index (χ2n) is 6.05. The number of hydrogen-bond donors (Lipinski definition) is 1. The van der Waals surface area contributed by atoms with Gasteiger partial charge in [-0.1, -0.05) is 13.0 Å². The lowest BCUT2D eigenvalue weighted by atomic mass is 10.1. The lowest BCUT2D eigenvalue weighted by molar-refractivity contribution is 0.694. The number of hydrogen-bond acceptors (Lipinski definition) is 3. The molecule has 1 aliphatic rings. The highest BCUT2D eigenvalue weighted by molar-refractivity contribution is 5.47. The van der Waals surface area contributed by atoms with E-state index >= 15 is 0 Å². The molecule has 0 aliphatic heterocycles. The SMILES string of the molecule is CCCN(CC1CC1)c1ncc(CC(C)N)cc1C. The molecule has 3 heteroatoms. The van der Waals surface area contributed by atoms with E-state index in [0.717, 1.165) is 18.9 Å². The van der Waals surface area contributed by atoms with Crippen molar-refractivity contribution in [3.8, 4) is 0 Å². The second kappa shape index (κ2) is 6.38. The Morgan fingerprint density at radius 2 is 2.21 bits per heavy atom. The van der Waals surface area contributed by atoms with Crippen LogP contribution in [0.2, 0.25) is 0 Å². The van der Waals surface area contributed by atoms with Crippen LogP contribution in [-0.4, -0.2) is 24.1 Å². The zero-order chi connectivity index (χ0) is 13.8. The topological polar surface area (TPSA) is 42.2 Å². The molecule has 0 radical (unpaired) electrons. The summed E-state index contributed by atoms with van der Waals surface area (Å²) < 4.78 is 0. The van der Waals surface area contributed by atoms with Crippen molar-refractivity contribution in [2.75, 3.05) is 18.0 Å². The minimum atomic E-state index is 0.199. The van der Waals surface area contributed by atoms with Crippen molar-refractivity contribution >= 4 is 5.82 Å². The van der Waals surface area contributed by atoms with Crippen molar-refractivity contribution in [1.29, 1.82) is 0 Å². The highest BCUT2D eigenvalue weighted by Gasteiger charge is 2.25. The van der Waals surface area contributed by atoms with Crippen LogP contribution < -0.4 is 10.6 Å². The molecule has 1 fully saturated rings. The van der Waals surface area contributed by atoms with Gasteiger partial charge in [-0.2, -0.15) is 0 Å². The number of pyridine rings is 1. The number of rotatable bonds is 7. The van der Waals surface area contributed by atoms with Crippen LogP contribution in [0.4, 0.5) is 5.82 Å². The van der Waals surface area contributed by atoms with E-state index < -0.39 is 0 Å². The molecule has 19 heavy (non-hydrogen) atoms. The van der Waals surface area contributed by atoms with E-state index in [2.05, 4.69) is 24.8 Å². The Hall–Kier alpha value is -1.09. The van der Waals surface area contributed by atoms with Gasteiger partial charge < -0.3 is 10.6 Å². The number of nitrogens with two attached hydrogens (primary N) is 1. The third-order valence-corrected chi connectivity index (χ3v) is 3.63. The summed E-state index contributed by atoms with van der Waals surface area (Å²) in [4.78, 5) is 7.16. The molecule has 0 saturated heterocycles. The van der Waals surface area contributed by atoms with Gasteiger partial charge in [-0.25, -0.2) is 4.98 Å². The van der Waals surface area contributed by atoms with Gasteiger partial charge in [0.15, 0.2) is 0 Å². The average molecular weight is 261 g/mol. The minimum absolute atomic E-state index is 0.199. The van der Waals surface area contributed by atoms with Crippen LogP contribution >= 0.6 is 0 Å². The van der Waals surface area contributed by atoms with Crippen LogP contribution in [0, 0.1) is 12.8 Å². The monoisotopic (exact) mass is 261 g/mol. The fourth-order valence-electron chi connectivity index (χ4n) is 2.61. The largest absolute Gasteiger partial charge is 0.356 e. The van der Waals surface area contributed by atoms with E-state index in [0.29, 0.717) is 0 Å². The summed E-state index contributed by atoms with van der Waals surface area (Å²) in [6.07, 6.45) is 6.87. The molecule has 2 rings (SSSR count). The van der Waals surface area contributed by atoms with Crippen LogP contribution in [0.3, 0.4) is 0 Å². The molecule has 1 atom stereocenters. The molecular weight excluding hydrogens is 234 g/mol. The van der Waals surface area contributed by atoms with Gasteiger partial charge in [0.1, 0.15) is 5.82 Å². The summed E-state index contributed by atoms with van der Waals surface area (Å²) in [7, 11) is 0. The van der Waals surface area contributed by atoms with Crippen LogP contribution in [-0.2, 0) is 6.42 Å². The van der Waals surface area contributed by atoms with E-state index in [1.54, 1.807) is 0 Å². The normalized spacial score (nSPS) is 16.4. The van der Waals surface area contributed by atoms with Crippen molar-refractivity contribution in [2.45, 2.75) is 52.5 Å². The number of anilines is 1. The van der Waals surface area contributed by atoms with Crippen LogP contribution in [0.15, 0.2) is 12.3 Å². The molecule has 1 heterocycles. The lowest BCUT2D eigenvalue weighted by Gasteiger charge is -2.25. The first-order valence-corrected chi connectivity index (χ1v) is 7.56. The first kappa shape index (κ1) is 14.3. The predicted octanol–water partition coefficient (Wildman–Crippen LogP) is 2.91. The zero-order valence-corrected chi connectivity index (χ0v) is 12.5. The summed E-state index contributed by atoms with van der Waals surface area (Å²) in [6.45, 7) is 8.73. The maximum Gasteiger partial charge on any atom is 0.131 e. The Morgan fingerprint density at radius 3 is 2.74 bits per heavy atom. The Bertz CT molecular complexity index is 410. The van der Waals surface area contributed by atoms with Crippen molar-refractivity contribution in [1.82, 2.24) is 4.98 Å². The minimum Gasteiger partial charge on any atom is -0.356 e. The van der Waals surface area contributed by atoms with E-state index in [4.69, 9.17) is 10.7 Å².